The van der Waals surface area contributed by atoms with Crippen LogP contribution >= 0.6 is 0 Å². The fourth-order valence-electron chi connectivity index (χ4n) is 3.53. The first-order valence-electron chi connectivity index (χ1n) is 9.52. The molecule has 6 nitrogen and oxygen atoms in total. The van der Waals surface area contributed by atoms with Gasteiger partial charge in [-0.25, -0.2) is 17.2 Å². The van der Waals surface area contributed by atoms with Gasteiger partial charge in [-0.05, 0) is 43.3 Å². The van der Waals surface area contributed by atoms with E-state index >= 15 is 0 Å². The smallest absolute Gasteiger partial charge is 0.259 e. The number of nitriles is 1. The summed E-state index contributed by atoms with van der Waals surface area (Å²) in [4.78, 5) is 8.20. The number of nitrogens with zero attached hydrogens (tertiary/aromatic N) is 4. The van der Waals surface area contributed by atoms with E-state index in [2.05, 4.69) is 9.97 Å². The fourth-order valence-corrected chi connectivity index (χ4v) is 5.32. The van der Waals surface area contributed by atoms with E-state index in [1.807, 2.05) is 6.07 Å². The average Bonchev–Trinajstić information content (AvgIpc) is 2.78. The molecule has 0 aliphatic rings. The van der Waals surface area contributed by atoms with Crippen molar-refractivity contribution in [2.24, 2.45) is 0 Å². The van der Waals surface area contributed by atoms with Crippen LogP contribution in [0.15, 0.2) is 78.0 Å². The molecule has 160 valence electrons. The number of fused-ring (bicyclic) bond motifs is 1. The van der Waals surface area contributed by atoms with Gasteiger partial charge in [-0.15, -0.1) is 0 Å². The van der Waals surface area contributed by atoms with Crippen molar-refractivity contribution in [1.29, 1.82) is 5.26 Å². The molecule has 0 N–H and O–H groups in total. The van der Waals surface area contributed by atoms with Crippen LogP contribution in [0.2, 0.25) is 0 Å². The Morgan fingerprint density at radius 1 is 1.00 bits per heavy atom. The topological polar surface area (TPSA) is 87.0 Å². The van der Waals surface area contributed by atoms with Crippen molar-refractivity contribution in [2.45, 2.75) is 17.9 Å². The highest BCUT2D eigenvalue weighted by molar-refractivity contribution is 7.93. The number of sulfonamides is 1. The zero-order chi connectivity index (χ0) is 22.9. The Bertz CT molecular complexity index is 1460. The third-order valence-electron chi connectivity index (χ3n) is 4.99. The molecule has 0 bridgehead atoms. The highest BCUT2D eigenvalue weighted by Gasteiger charge is 2.33. The van der Waals surface area contributed by atoms with Crippen LogP contribution in [0.3, 0.4) is 0 Å². The quantitative estimate of drug-likeness (QED) is 0.438. The maximum atomic E-state index is 14.6. The van der Waals surface area contributed by atoms with Gasteiger partial charge >= 0.3 is 0 Å². The van der Waals surface area contributed by atoms with Crippen molar-refractivity contribution in [3.8, 4) is 6.07 Å². The molecule has 1 atom stereocenters. The molecule has 9 heteroatoms. The van der Waals surface area contributed by atoms with E-state index in [0.29, 0.717) is 11.6 Å². The minimum Gasteiger partial charge on any atom is -0.259 e. The summed E-state index contributed by atoms with van der Waals surface area (Å²) in [6.07, 6.45) is 2.83. The maximum Gasteiger partial charge on any atom is 0.267 e. The summed E-state index contributed by atoms with van der Waals surface area (Å²) in [6.45, 7) is 1.49. The van der Waals surface area contributed by atoms with Crippen LogP contribution in [0.1, 0.15) is 24.1 Å². The number of hydrogen-bond donors (Lipinski definition) is 0. The van der Waals surface area contributed by atoms with Crippen molar-refractivity contribution in [3.05, 3.63) is 95.8 Å². The van der Waals surface area contributed by atoms with Gasteiger partial charge < -0.3 is 0 Å². The lowest BCUT2D eigenvalue weighted by atomic mass is 10.1. The number of anilines is 1. The van der Waals surface area contributed by atoms with E-state index in [1.165, 1.54) is 61.8 Å². The molecule has 0 spiro atoms. The van der Waals surface area contributed by atoms with Crippen LogP contribution in [0.4, 0.5) is 14.5 Å². The van der Waals surface area contributed by atoms with Crippen molar-refractivity contribution in [3.63, 3.8) is 0 Å². The molecule has 3 aromatic carbocycles. The molecule has 0 amide bonds. The van der Waals surface area contributed by atoms with Crippen molar-refractivity contribution in [1.82, 2.24) is 9.97 Å². The second-order valence-electron chi connectivity index (χ2n) is 6.99. The maximum absolute atomic E-state index is 14.6. The van der Waals surface area contributed by atoms with Crippen LogP contribution in [-0.2, 0) is 10.0 Å². The fraction of sp³-hybridized carbons (Fsp3) is 0.0870. The van der Waals surface area contributed by atoms with Crippen LogP contribution in [-0.4, -0.2) is 18.4 Å². The number of aromatic nitrogens is 2. The van der Waals surface area contributed by atoms with Gasteiger partial charge in [0.2, 0.25) is 0 Å². The normalized spacial score (nSPS) is 12.3. The highest BCUT2D eigenvalue weighted by Crippen LogP contribution is 2.36. The SMILES string of the molecule is C[C@H](c1ccc(F)cc1F)N(c1cccc(C#N)c1)S(=O)(=O)c1cccc2nccnc12. The van der Waals surface area contributed by atoms with Crippen LogP contribution in [0.25, 0.3) is 11.0 Å². The Morgan fingerprint density at radius 2 is 1.75 bits per heavy atom. The number of halogens is 2. The lowest BCUT2D eigenvalue weighted by molar-refractivity contribution is 0.554. The summed E-state index contributed by atoms with van der Waals surface area (Å²) in [5, 5.41) is 9.30. The molecule has 4 rings (SSSR count). The predicted octanol–water partition coefficient (Wildman–Crippen LogP) is 4.74. The van der Waals surface area contributed by atoms with Gasteiger partial charge in [0.25, 0.3) is 10.0 Å². The van der Waals surface area contributed by atoms with E-state index in [-0.39, 0.29) is 27.2 Å². The number of benzene rings is 3. The van der Waals surface area contributed by atoms with Crippen molar-refractivity contribution >= 4 is 26.7 Å². The van der Waals surface area contributed by atoms with Gasteiger partial charge in [0, 0.05) is 24.0 Å². The Hall–Kier alpha value is -3.90. The average molecular weight is 450 g/mol. The molecular weight excluding hydrogens is 434 g/mol. The molecule has 0 saturated heterocycles. The Labute approximate surface area is 183 Å². The largest absolute Gasteiger partial charge is 0.267 e. The monoisotopic (exact) mass is 450 g/mol. The molecule has 0 radical (unpaired) electrons. The first-order valence-corrected chi connectivity index (χ1v) is 11.0. The molecule has 0 fully saturated rings. The molecule has 1 aromatic heterocycles. The third kappa shape index (κ3) is 3.76. The second-order valence-corrected chi connectivity index (χ2v) is 8.77. The highest BCUT2D eigenvalue weighted by atomic mass is 32.2. The molecule has 0 saturated carbocycles. The summed E-state index contributed by atoms with van der Waals surface area (Å²) in [5.41, 5.74) is 0.889. The third-order valence-corrected chi connectivity index (χ3v) is 6.92. The van der Waals surface area contributed by atoms with Gasteiger partial charge in [0.15, 0.2) is 0 Å². The lowest BCUT2D eigenvalue weighted by Crippen LogP contribution is -2.34. The first kappa shape index (κ1) is 21.3. The standard InChI is InChI=1S/C23H16F2N4O2S/c1-15(19-9-8-17(24)13-20(19)25)29(18-5-2-4-16(12-18)14-26)32(30,31)22-7-3-6-21-23(22)28-11-10-27-21/h2-13,15H,1H3/t15-/m1/s1. The minimum absolute atomic E-state index is 0.0244. The minimum atomic E-state index is -4.32. The zero-order valence-electron chi connectivity index (χ0n) is 16.8. The summed E-state index contributed by atoms with van der Waals surface area (Å²) in [5.74, 6) is -1.66. The zero-order valence-corrected chi connectivity index (χ0v) is 17.6. The molecule has 0 aliphatic heterocycles. The summed E-state index contributed by atoms with van der Waals surface area (Å²) < 4.78 is 57.0. The molecule has 32 heavy (non-hydrogen) atoms. The summed E-state index contributed by atoms with van der Waals surface area (Å²) >= 11 is 0. The second kappa shape index (κ2) is 8.32. The molecule has 4 aromatic rings. The van der Waals surface area contributed by atoms with Gasteiger partial charge in [-0.3, -0.25) is 14.3 Å². The van der Waals surface area contributed by atoms with Crippen molar-refractivity contribution < 1.29 is 17.2 Å². The molecular formula is C23H16F2N4O2S. The van der Waals surface area contributed by atoms with Crippen LogP contribution in [0, 0.1) is 23.0 Å². The van der Waals surface area contributed by atoms with E-state index in [9.17, 15) is 22.5 Å². The Balaban J connectivity index is 1.97. The van der Waals surface area contributed by atoms with Crippen LogP contribution < -0.4 is 4.31 Å². The van der Waals surface area contributed by atoms with E-state index < -0.39 is 27.7 Å². The van der Waals surface area contributed by atoms with Crippen molar-refractivity contribution in [2.75, 3.05) is 4.31 Å². The summed E-state index contributed by atoms with van der Waals surface area (Å²) in [6, 6.07) is 14.4. The van der Waals surface area contributed by atoms with Crippen LogP contribution in [0.5, 0.6) is 0 Å². The molecule has 0 unspecified atom stereocenters. The van der Waals surface area contributed by atoms with E-state index in [1.54, 1.807) is 6.07 Å². The molecule has 1 heterocycles. The van der Waals surface area contributed by atoms with Gasteiger partial charge in [-0.1, -0.05) is 18.2 Å². The number of hydrogen-bond acceptors (Lipinski definition) is 5. The lowest BCUT2D eigenvalue weighted by Gasteiger charge is -2.31. The Kier molecular flexibility index (Phi) is 5.55. The first-order chi connectivity index (χ1) is 15.3. The predicted molar refractivity (Wildman–Crippen MR) is 115 cm³/mol. The Morgan fingerprint density at radius 3 is 2.50 bits per heavy atom. The van der Waals surface area contributed by atoms with Gasteiger partial charge in [0.1, 0.15) is 22.0 Å². The van der Waals surface area contributed by atoms with Gasteiger partial charge in [0.05, 0.1) is 28.9 Å². The number of rotatable bonds is 5. The number of para-hydroxylation sites is 1. The molecule has 0 aliphatic carbocycles. The van der Waals surface area contributed by atoms with Gasteiger partial charge in [-0.2, -0.15) is 5.26 Å². The van der Waals surface area contributed by atoms with E-state index in [0.717, 1.165) is 10.4 Å². The van der Waals surface area contributed by atoms with E-state index in [4.69, 9.17) is 0 Å². The summed E-state index contributed by atoms with van der Waals surface area (Å²) in [7, 11) is -4.32.